The van der Waals surface area contributed by atoms with Gasteiger partial charge in [-0.25, -0.2) is 0 Å². The van der Waals surface area contributed by atoms with Crippen molar-refractivity contribution in [2.45, 2.75) is 6.92 Å². The first kappa shape index (κ1) is 11.0. The molecule has 0 saturated carbocycles. The Bertz CT molecular complexity index is 49.0. The smallest absolute Gasteiger partial charge is 0 e. The quantitative estimate of drug-likeness (QED) is 0.502. The maximum absolute atomic E-state index is 9.56. The molecule has 1 unspecified atom stereocenters. The van der Waals surface area contributed by atoms with Gasteiger partial charge in [-0.2, -0.15) is 12.6 Å². The molecule has 0 aliphatic carbocycles. The van der Waals surface area contributed by atoms with Gasteiger partial charge in [0.1, 0.15) is 0 Å². The van der Waals surface area contributed by atoms with Crippen LogP contribution < -0.4 is 0 Å². The molecule has 39 valence electrons. The van der Waals surface area contributed by atoms with Crippen LogP contribution in [0.3, 0.4) is 0 Å². The summed E-state index contributed by atoms with van der Waals surface area (Å²) in [7, 11) is 0. The van der Waals surface area contributed by atoms with E-state index in [2.05, 4.69) is 12.6 Å². The summed E-state index contributed by atoms with van der Waals surface area (Å²) in [6.45, 7) is 1.78. The molecular weight excluding hydrogens is 185 g/mol. The van der Waals surface area contributed by atoms with E-state index in [-0.39, 0.29) is 38.6 Å². The number of hydrogen-bond donors (Lipinski definition) is 1. The number of rotatable bonds is 2. The van der Waals surface area contributed by atoms with Gasteiger partial charge in [0.05, 0.1) is 0 Å². The molecule has 0 spiro atoms. The van der Waals surface area contributed by atoms with Crippen LogP contribution >= 0.6 is 12.6 Å². The van der Waals surface area contributed by atoms with E-state index in [0.717, 1.165) is 0 Å². The van der Waals surface area contributed by atoms with E-state index in [1.807, 2.05) is 0 Å². The molecule has 1 radical (unpaired) electrons. The number of carbonyl (C=O) groups excluding carboxylic acids is 1. The standard InChI is InChI=1S/C4H7OS.Y/c1-4(2-5)3-6;/h4,6H,3H2,1H3;/q-1;. The van der Waals surface area contributed by atoms with Gasteiger partial charge in [0.25, 0.3) is 0 Å². The van der Waals surface area contributed by atoms with Crippen LogP contribution in [0.5, 0.6) is 0 Å². The van der Waals surface area contributed by atoms with Gasteiger partial charge in [-0.3, -0.25) is 6.29 Å². The summed E-state index contributed by atoms with van der Waals surface area (Å²) in [4.78, 5) is 9.56. The minimum Gasteiger partial charge on any atom is -0.541 e. The molecule has 0 aromatic carbocycles. The van der Waals surface area contributed by atoms with Crippen molar-refractivity contribution in [3.05, 3.63) is 0 Å². The SMILES string of the molecule is CC([C-]=O)CS.[Y]. The maximum atomic E-state index is 9.56. The van der Waals surface area contributed by atoms with Gasteiger partial charge in [0.15, 0.2) is 0 Å². The normalized spacial score (nSPS) is 11.7. The van der Waals surface area contributed by atoms with E-state index in [9.17, 15) is 4.79 Å². The van der Waals surface area contributed by atoms with Crippen molar-refractivity contribution in [1.82, 2.24) is 0 Å². The van der Waals surface area contributed by atoms with E-state index in [0.29, 0.717) is 5.75 Å². The van der Waals surface area contributed by atoms with E-state index >= 15 is 0 Å². The molecule has 0 aliphatic heterocycles. The second kappa shape index (κ2) is 7.12. The molecule has 0 fully saturated rings. The van der Waals surface area contributed by atoms with Gasteiger partial charge >= 0.3 is 0 Å². The maximum Gasteiger partial charge on any atom is 0 e. The molecule has 0 aromatic heterocycles. The van der Waals surface area contributed by atoms with Gasteiger partial charge in [0.2, 0.25) is 0 Å². The van der Waals surface area contributed by atoms with Crippen molar-refractivity contribution in [2.24, 2.45) is 5.92 Å². The van der Waals surface area contributed by atoms with Crippen LogP contribution in [0.2, 0.25) is 0 Å². The molecule has 0 bridgehead atoms. The van der Waals surface area contributed by atoms with Gasteiger partial charge in [0, 0.05) is 32.7 Å². The predicted molar refractivity (Wildman–Crippen MR) is 28.7 cm³/mol. The second-order valence-electron chi connectivity index (χ2n) is 1.20. The molecule has 1 atom stereocenters. The summed E-state index contributed by atoms with van der Waals surface area (Å²) in [6.07, 6.45) is 1.79. The minimum absolute atomic E-state index is 0. The molecule has 7 heavy (non-hydrogen) atoms. The molecule has 1 nitrogen and oxygen atoms in total. The summed E-state index contributed by atoms with van der Waals surface area (Å²) >= 11 is 3.83. The van der Waals surface area contributed by atoms with Crippen molar-refractivity contribution in [3.63, 3.8) is 0 Å². The number of hydrogen-bond acceptors (Lipinski definition) is 2. The zero-order valence-corrected chi connectivity index (χ0v) is 7.95. The van der Waals surface area contributed by atoms with Gasteiger partial charge in [-0.15, -0.1) is 5.92 Å². The van der Waals surface area contributed by atoms with Gasteiger partial charge in [-0.1, -0.05) is 6.92 Å². The summed E-state index contributed by atoms with van der Waals surface area (Å²) in [5.41, 5.74) is 0. The first-order chi connectivity index (χ1) is 2.81. The topological polar surface area (TPSA) is 17.1 Å². The van der Waals surface area contributed by atoms with Crippen LogP contribution in [0.25, 0.3) is 0 Å². The summed E-state index contributed by atoms with van der Waals surface area (Å²) in [5.74, 6) is 0.595. The van der Waals surface area contributed by atoms with Crippen molar-refractivity contribution in [1.29, 1.82) is 0 Å². The van der Waals surface area contributed by atoms with Crippen molar-refractivity contribution in [3.8, 4) is 0 Å². The molecule has 0 N–H and O–H groups in total. The van der Waals surface area contributed by atoms with E-state index in [1.54, 1.807) is 13.2 Å². The summed E-state index contributed by atoms with van der Waals surface area (Å²) in [5, 5.41) is 0. The molecule has 0 rings (SSSR count). The average molecular weight is 192 g/mol. The molecule has 0 aliphatic rings. The summed E-state index contributed by atoms with van der Waals surface area (Å²) < 4.78 is 0. The van der Waals surface area contributed by atoms with Crippen LogP contribution in [0.4, 0.5) is 0 Å². The first-order valence-electron chi connectivity index (χ1n) is 1.79. The second-order valence-corrected chi connectivity index (χ2v) is 1.57. The number of thiol groups is 1. The first-order valence-corrected chi connectivity index (χ1v) is 2.43. The Labute approximate surface area is 74.5 Å². The Kier molecular flexibility index (Phi) is 11.2. The fraction of sp³-hybridized carbons (Fsp3) is 0.750. The van der Waals surface area contributed by atoms with Crippen LogP contribution in [0.15, 0.2) is 0 Å². The Morgan fingerprint density at radius 1 is 1.86 bits per heavy atom. The molecule has 0 heterocycles. The molecular formula is C4H7OSY-. The summed E-state index contributed by atoms with van der Waals surface area (Å²) in [6, 6.07) is 0. The Hall–Kier alpha value is 1.12. The zero-order valence-electron chi connectivity index (χ0n) is 4.22. The van der Waals surface area contributed by atoms with E-state index in [1.165, 1.54) is 0 Å². The average Bonchev–Trinajstić information content (AvgIpc) is 1.65. The monoisotopic (exact) mass is 192 g/mol. The van der Waals surface area contributed by atoms with Crippen LogP contribution in [0, 0.1) is 5.92 Å². The Morgan fingerprint density at radius 2 is 2.29 bits per heavy atom. The third kappa shape index (κ3) is 7.12. The van der Waals surface area contributed by atoms with Crippen LogP contribution in [-0.4, -0.2) is 12.0 Å². The largest absolute Gasteiger partial charge is 0.541 e. The molecule has 0 aromatic rings. The van der Waals surface area contributed by atoms with Crippen molar-refractivity contribution >= 4 is 18.9 Å². The fourth-order valence-corrected chi connectivity index (χ4v) is 0.112. The van der Waals surface area contributed by atoms with Crippen molar-refractivity contribution in [2.75, 3.05) is 5.75 Å². The molecule has 0 saturated heterocycles. The zero-order chi connectivity index (χ0) is 4.99. The van der Waals surface area contributed by atoms with Crippen molar-refractivity contribution < 1.29 is 37.5 Å². The van der Waals surface area contributed by atoms with Crippen LogP contribution in [-0.2, 0) is 37.5 Å². The van der Waals surface area contributed by atoms with E-state index in [4.69, 9.17) is 0 Å². The third-order valence-corrected chi connectivity index (χ3v) is 1.02. The molecule has 3 heteroatoms. The predicted octanol–water partition coefficient (Wildman–Crippen LogP) is 0.659. The van der Waals surface area contributed by atoms with Crippen LogP contribution in [0.1, 0.15) is 6.92 Å². The van der Waals surface area contributed by atoms with E-state index < -0.39 is 0 Å². The van der Waals surface area contributed by atoms with Gasteiger partial charge in [-0.05, 0) is 5.75 Å². The minimum atomic E-state index is -0.00617. The fourth-order valence-electron chi connectivity index (χ4n) is 0.0373. The van der Waals surface area contributed by atoms with Gasteiger partial charge < -0.3 is 4.79 Å². The third-order valence-electron chi connectivity index (χ3n) is 0.475. The Balaban J connectivity index is 0. The Morgan fingerprint density at radius 3 is 2.29 bits per heavy atom. The molecule has 0 amide bonds.